The second kappa shape index (κ2) is 7.80. The van der Waals surface area contributed by atoms with Gasteiger partial charge in [-0.1, -0.05) is 17.7 Å². The minimum atomic E-state index is -0.212. The lowest BCUT2D eigenvalue weighted by Crippen LogP contribution is -2.34. The van der Waals surface area contributed by atoms with Gasteiger partial charge in [-0.2, -0.15) is 0 Å². The second-order valence-corrected chi connectivity index (χ2v) is 8.94. The number of carbonyl (C=O) groups excluding carboxylic acids is 2. The largest absolute Gasteiger partial charge is 0.332 e. The first-order valence-electron chi connectivity index (χ1n) is 7.27. The molecule has 0 aliphatic carbocycles. The van der Waals surface area contributed by atoms with E-state index in [1.165, 1.54) is 16.2 Å². The Morgan fingerprint density at radius 1 is 1.12 bits per heavy atom. The Kier molecular flexibility index (Phi) is 6.22. The van der Waals surface area contributed by atoms with Gasteiger partial charge in [-0.25, -0.2) is 0 Å². The van der Waals surface area contributed by atoms with Crippen LogP contribution < -0.4 is 5.32 Å². The predicted molar refractivity (Wildman–Crippen MR) is 106 cm³/mol. The van der Waals surface area contributed by atoms with Crippen LogP contribution in [0, 0.1) is 20.8 Å². The van der Waals surface area contributed by atoms with Crippen molar-refractivity contribution in [2.45, 2.75) is 20.8 Å². The molecule has 0 radical (unpaired) electrons. The third-order valence-corrected chi connectivity index (χ3v) is 6.77. The molecule has 0 spiro atoms. The number of nitrogens with zero attached hydrogens (tertiary/aromatic N) is 1. The van der Waals surface area contributed by atoms with Crippen molar-refractivity contribution in [2.24, 2.45) is 0 Å². The van der Waals surface area contributed by atoms with Crippen molar-refractivity contribution >= 4 is 60.7 Å². The van der Waals surface area contributed by atoms with E-state index in [1.54, 1.807) is 13.1 Å². The number of nitrogens with one attached hydrogen (secondary N) is 1. The predicted octanol–water partition coefficient (Wildman–Crippen LogP) is 4.91. The summed E-state index contributed by atoms with van der Waals surface area (Å²) in [4.78, 5) is 26.7. The molecule has 0 unspecified atom stereocenters. The van der Waals surface area contributed by atoms with Gasteiger partial charge in [-0.15, -0.1) is 11.3 Å². The molecule has 128 valence electrons. The van der Waals surface area contributed by atoms with Gasteiger partial charge in [0.1, 0.15) is 0 Å². The maximum Gasteiger partial charge on any atom is 0.264 e. The lowest BCUT2D eigenvalue weighted by Gasteiger charge is -2.18. The van der Waals surface area contributed by atoms with E-state index >= 15 is 0 Å². The average molecular weight is 474 g/mol. The van der Waals surface area contributed by atoms with Crippen LogP contribution in [-0.4, -0.2) is 30.3 Å². The van der Waals surface area contributed by atoms with Crippen LogP contribution in [0.4, 0.5) is 5.69 Å². The van der Waals surface area contributed by atoms with Crippen molar-refractivity contribution in [3.63, 3.8) is 0 Å². The normalized spacial score (nSPS) is 10.6. The molecule has 0 saturated heterocycles. The first kappa shape index (κ1) is 19.1. The Hall–Kier alpha value is -1.18. The van der Waals surface area contributed by atoms with Gasteiger partial charge in [0.05, 0.1) is 15.2 Å². The van der Waals surface area contributed by atoms with E-state index in [9.17, 15) is 9.59 Å². The van der Waals surface area contributed by atoms with Crippen LogP contribution in [0.5, 0.6) is 0 Å². The molecular formula is C17H18Br2N2O2S. The number of likely N-dealkylation sites (N-methyl/N-ethyl adjacent to an activating group) is 1. The molecule has 24 heavy (non-hydrogen) atoms. The van der Waals surface area contributed by atoms with Gasteiger partial charge in [0.2, 0.25) is 5.91 Å². The summed E-state index contributed by atoms with van der Waals surface area (Å²) in [7, 11) is 1.62. The number of halogens is 2. The Bertz CT molecular complexity index is 759. The minimum absolute atomic E-state index is 0.00126. The maximum absolute atomic E-state index is 12.4. The Morgan fingerprint density at radius 3 is 2.21 bits per heavy atom. The van der Waals surface area contributed by atoms with Crippen molar-refractivity contribution in [3.05, 3.63) is 48.0 Å². The molecule has 1 aromatic heterocycles. The van der Waals surface area contributed by atoms with Gasteiger partial charge in [-0.05, 0) is 69.8 Å². The van der Waals surface area contributed by atoms with E-state index in [2.05, 4.69) is 37.2 Å². The highest BCUT2D eigenvalue weighted by atomic mass is 79.9. The third-order valence-electron chi connectivity index (χ3n) is 3.52. The fraction of sp³-hybridized carbons (Fsp3) is 0.294. The fourth-order valence-corrected chi connectivity index (χ4v) is 4.51. The van der Waals surface area contributed by atoms with E-state index in [1.807, 2.05) is 32.9 Å². The van der Waals surface area contributed by atoms with E-state index in [0.717, 1.165) is 30.6 Å². The summed E-state index contributed by atoms with van der Waals surface area (Å²) < 4.78 is 1.69. The number of hydrogen-bond acceptors (Lipinski definition) is 3. The van der Waals surface area contributed by atoms with Crippen LogP contribution in [0.3, 0.4) is 0 Å². The zero-order chi connectivity index (χ0) is 18.0. The van der Waals surface area contributed by atoms with Crippen molar-refractivity contribution in [1.29, 1.82) is 0 Å². The topological polar surface area (TPSA) is 49.4 Å². The molecule has 0 aliphatic rings. The number of anilines is 1. The highest BCUT2D eigenvalue weighted by Crippen LogP contribution is 2.32. The number of thiophene rings is 1. The number of hydrogen-bond donors (Lipinski definition) is 1. The summed E-state index contributed by atoms with van der Waals surface area (Å²) in [6.07, 6.45) is 0. The molecule has 2 amide bonds. The molecule has 7 heteroatoms. The summed E-state index contributed by atoms with van der Waals surface area (Å²) in [6.45, 7) is 5.95. The number of amides is 2. The molecule has 0 fully saturated rings. The van der Waals surface area contributed by atoms with Crippen molar-refractivity contribution in [1.82, 2.24) is 4.90 Å². The monoisotopic (exact) mass is 472 g/mol. The van der Waals surface area contributed by atoms with Gasteiger partial charge < -0.3 is 10.2 Å². The van der Waals surface area contributed by atoms with Crippen LogP contribution in [-0.2, 0) is 4.79 Å². The smallest absolute Gasteiger partial charge is 0.264 e. The van der Waals surface area contributed by atoms with Crippen LogP contribution in [0.25, 0.3) is 0 Å². The van der Waals surface area contributed by atoms with Crippen molar-refractivity contribution in [3.8, 4) is 0 Å². The number of carbonyl (C=O) groups is 2. The van der Waals surface area contributed by atoms with Crippen LogP contribution in [0.15, 0.2) is 26.5 Å². The number of rotatable bonds is 4. The lowest BCUT2D eigenvalue weighted by molar-refractivity contribution is -0.116. The zero-order valence-electron chi connectivity index (χ0n) is 13.9. The maximum atomic E-state index is 12.4. The minimum Gasteiger partial charge on any atom is -0.332 e. The first-order valence-corrected chi connectivity index (χ1v) is 9.67. The molecule has 1 aromatic carbocycles. The summed E-state index contributed by atoms with van der Waals surface area (Å²) in [5.41, 5.74) is 4.00. The van der Waals surface area contributed by atoms with Gasteiger partial charge in [0.15, 0.2) is 0 Å². The Balaban J connectivity index is 2.05. The van der Waals surface area contributed by atoms with Gasteiger partial charge in [0.25, 0.3) is 5.91 Å². The quantitative estimate of drug-likeness (QED) is 0.685. The molecule has 4 nitrogen and oxygen atoms in total. The van der Waals surface area contributed by atoms with Gasteiger partial charge >= 0.3 is 0 Å². The second-order valence-electron chi connectivity index (χ2n) is 5.72. The van der Waals surface area contributed by atoms with Gasteiger partial charge in [0, 0.05) is 17.2 Å². The first-order chi connectivity index (χ1) is 11.2. The molecule has 0 atom stereocenters. The molecule has 2 aromatic rings. The third kappa shape index (κ3) is 4.46. The molecule has 2 rings (SSSR count). The van der Waals surface area contributed by atoms with E-state index in [-0.39, 0.29) is 18.4 Å². The van der Waals surface area contributed by atoms with Crippen molar-refractivity contribution < 1.29 is 9.59 Å². The highest BCUT2D eigenvalue weighted by Gasteiger charge is 2.19. The lowest BCUT2D eigenvalue weighted by atomic mass is 10.1. The van der Waals surface area contributed by atoms with E-state index < -0.39 is 0 Å². The molecular weight excluding hydrogens is 456 g/mol. The number of aryl methyl sites for hydroxylation is 3. The SMILES string of the molecule is Cc1cc(C)c(NC(=O)CN(C)C(=O)c2cc(Br)c(Br)s2)c(C)c1. The number of benzene rings is 1. The summed E-state index contributed by atoms with van der Waals surface area (Å²) >= 11 is 8.07. The van der Waals surface area contributed by atoms with Gasteiger partial charge in [-0.3, -0.25) is 9.59 Å². The van der Waals surface area contributed by atoms with Crippen molar-refractivity contribution in [2.75, 3.05) is 18.9 Å². The Morgan fingerprint density at radius 2 is 1.71 bits per heavy atom. The summed E-state index contributed by atoms with van der Waals surface area (Å²) in [5, 5.41) is 2.91. The zero-order valence-corrected chi connectivity index (χ0v) is 17.9. The molecule has 1 heterocycles. The average Bonchev–Trinajstić information content (AvgIpc) is 2.81. The van der Waals surface area contributed by atoms with Crippen LogP contribution in [0.2, 0.25) is 0 Å². The fourth-order valence-electron chi connectivity index (χ4n) is 2.48. The summed E-state index contributed by atoms with van der Waals surface area (Å²) in [6, 6.07) is 5.80. The molecule has 0 aliphatic heterocycles. The van der Waals surface area contributed by atoms with E-state index in [4.69, 9.17) is 0 Å². The molecule has 0 saturated carbocycles. The summed E-state index contributed by atoms with van der Waals surface area (Å²) in [5.74, 6) is -0.394. The Labute approximate surface area is 162 Å². The highest BCUT2D eigenvalue weighted by molar-refractivity contribution is 9.13. The van der Waals surface area contributed by atoms with Crippen LogP contribution >= 0.6 is 43.2 Å². The standard InChI is InChI=1S/C17H18Br2N2O2S/c1-9-5-10(2)15(11(3)6-9)20-14(22)8-21(4)17(23)13-7-12(18)16(19)24-13/h5-7H,8H2,1-4H3,(H,20,22). The van der Waals surface area contributed by atoms with E-state index in [0.29, 0.717) is 4.88 Å². The molecule has 0 bridgehead atoms. The molecule has 1 N–H and O–H groups in total. The van der Waals surface area contributed by atoms with Crippen LogP contribution in [0.1, 0.15) is 26.4 Å².